The van der Waals surface area contributed by atoms with Crippen LogP contribution in [0, 0.1) is 0 Å². The minimum atomic E-state index is 0.237. The first-order valence-electron chi connectivity index (χ1n) is 6.57. The number of hydrogen-bond acceptors (Lipinski definition) is 3. The highest BCUT2D eigenvalue weighted by Crippen LogP contribution is 2.26. The van der Waals surface area contributed by atoms with Crippen molar-refractivity contribution in [1.82, 2.24) is 10.3 Å². The van der Waals surface area contributed by atoms with E-state index in [1.165, 1.54) is 11.1 Å². The summed E-state index contributed by atoms with van der Waals surface area (Å²) in [7, 11) is 0. The van der Waals surface area contributed by atoms with E-state index in [0.29, 0.717) is 0 Å². The lowest BCUT2D eigenvalue weighted by Crippen LogP contribution is -2.24. The van der Waals surface area contributed by atoms with E-state index in [0.717, 1.165) is 24.4 Å². The molecule has 0 bridgehead atoms. The predicted molar refractivity (Wildman–Crippen MR) is 78.1 cm³/mol. The fourth-order valence-corrected chi connectivity index (χ4v) is 2.86. The molecule has 0 saturated heterocycles. The highest BCUT2D eigenvalue weighted by Gasteiger charge is 2.17. The third-order valence-electron chi connectivity index (χ3n) is 3.04. The zero-order chi connectivity index (χ0) is 12.8. The minimum absolute atomic E-state index is 0.237. The van der Waals surface area contributed by atoms with Gasteiger partial charge in [-0.05, 0) is 30.5 Å². The molecule has 1 aromatic carbocycles. The van der Waals surface area contributed by atoms with Crippen LogP contribution in [0.5, 0.6) is 0 Å². The Labute approximate surface area is 113 Å². The van der Waals surface area contributed by atoms with Gasteiger partial charge < -0.3 is 5.32 Å². The van der Waals surface area contributed by atoms with Gasteiger partial charge in [-0.25, -0.2) is 4.98 Å². The lowest BCUT2D eigenvalue weighted by atomic mass is 9.99. The normalized spacial score (nSPS) is 12.6. The summed E-state index contributed by atoms with van der Waals surface area (Å²) >= 11 is 1.72. The molecule has 1 unspecified atom stereocenters. The molecule has 1 N–H and O–H groups in total. The number of aromatic nitrogens is 1. The molecule has 1 atom stereocenters. The lowest BCUT2D eigenvalue weighted by Gasteiger charge is -2.19. The van der Waals surface area contributed by atoms with Gasteiger partial charge in [-0.3, -0.25) is 0 Å². The van der Waals surface area contributed by atoms with Crippen molar-refractivity contribution in [2.45, 2.75) is 32.7 Å². The van der Waals surface area contributed by atoms with Crippen molar-refractivity contribution in [2.75, 3.05) is 6.54 Å². The van der Waals surface area contributed by atoms with Crippen molar-refractivity contribution in [3.05, 3.63) is 52.0 Å². The molecular weight excluding hydrogens is 240 g/mol. The second kappa shape index (κ2) is 6.66. The molecule has 1 aromatic heterocycles. The molecule has 3 heteroatoms. The van der Waals surface area contributed by atoms with E-state index in [9.17, 15) is 0 Å². The molecule has 0 spiro atoms. The van der Waals surface area contributed by atoms with Crippen molar-refractivity contribution in [3.63, 3.8) is 0 Å². The summed E-state index contributed by atoms with van der Waals surface area (Å²) in [5, 5.41) is 6.81. The SMILES string of the molecule is CCCNC(c1nccs1)c1ccccc1CC. The quantitative estimate of drug-likeness (QED) is 0.854. The molecular formula is C15H20N2S. The van der Waals surface area contributed by atoms with Crippen LogP contribution in [-0.4, -0.2) is 11.5 Å². The van der Waals surface area contributed by atoms with E-state index < -0.39 is 0 Å². The average Bonchev–Trinajstić information content (AvgIpc) is 2.94. The Morgan fingerprint density at radius 3 is 2.78 bits per heavy atom. The fraction of sp³-hybridized carbons (Fsp3) is 0.400. The van der Waals surface area contributed by atoms with Gasteiger partial charge in [-0.15, -0.1) is 11.3 Å². The van der Waals surface area contributed by atoms with Crippen LogP contribution < -0.4 is 5.32 Å². The maximum Gasteiger partial charge on any atom is 0.114 e. The fourth-order valence-electron chi connectivity index (χ4n) is 2.13. The second-order valence-electron chi connectivity index (χ2n) is 4.31. The molecule has 0 amide bonds. The number of aryl methyl sites for hydroxylation is 1. The highest BCUT2D eigenvalue weighted by molar-refractivity contribution is 7.09. The summed E-state index contributed by atoms with van der Waals surface area (Å²) in [6, 6.07) is 8.89. The molecule has 0 aliphatic rings. The number of benzene rings is 1. The first kappa shape index (κ1) is 13.2. The van der Waals surface area contributed by atoms with Crippen LogP contribution in [-0.2, 0) is 6.42 Å². The molecule has 96 valence electrons. The van der Waals surface area contributed by atoms with E-state index in [2.05, 4.69) is 48.4 Å². The second-order valence-corrected chi connectivity index (χ2v) is 5.24. The van der Waals surface area contributed by atoms with Gasteiger partial charge in [0.2, 0.25) is 0 Å². The summed E-state index contributed by atoms with van der Waals surface area (Å²) in [6.07, 6.45) is 4.08. The van der Waals surface area contributed by atoms with Crippen molar-refractivity contribution >= 4 is 11.3 Å². The molecule has 2 nitrogen and oxygen atoms in total. The Morgan fingerprint density at radius 1 is 1.28 bits per heavy atom. The third kappa shape index (κ3) is 2.98. The number of thiazole rings is 1. The number of rotatable bonds is 6. The lowest BCUT2D eigenvalue weighted by molar-refractivity contribution is 0.592. The van der Waals surface area contributed by atoms with Crippen molar-refractivity contribution in [3.8, 4) is 0 Å². The molecule has 1 heterocycles. The first-order valence-corrected chi connectivity index (χ1v) is 7.45. The van der Waals surface area contributed by atoms with Gasteiger partial charge in [-0.1, -0.05) is 38.1 Å². The van der Waals surface area contributed by atoms with Crippen molar-refractivity contribution in [1.29, 1.82) is 0 Å². The van der Waals surface area contributed by atoms with E-state index in [1.807, 2.05) is 11.6 Å². The monoisotopic (exact) mass is 260 g/mol. The van der Waals surface area contributed by atoms with Gasteiger partial charge in [0.05, 0.1) is 6.04 Å². The smallest absolute Gasteiger partial charge is 0.114 e. The topological polar surface area (TPSA) is 24.9 Å². The van der Waals surface area contributed by atoms with Gasteiger partial charge in [0.15, 0.2) is 0 Å². The van der Waals surface area contributed by atoms with Crippen LogP contribution in [0.25, 0.3) is 0 Å². The minimum Gasteiger partial charge on any atom is -0.304 e. The van der Waals surface area contributed by atoms with E-state index in [4.69, 9.17) is 0 Å². The zero-order valence-corrected chi connectivity index (χ0v) is 11.8. The van der Waals surface area contributed by atoms with Crippen LogP contribution in [0.15, 0.2) is 35.8 Å². The Balaban J connectivity index is 2.33. The Kier molecular flexibility index (Phi) is 4.90. The molecule has 0 fully saturated rings. The standard InChI is InChI=1S/C15H20N2S/c1-3-9-16-14(15-17-10-11-18-15)13-8-6-5-7-12(13)4-2/h5-8,10-11,14,16H,3-4,9H2,1-2H3. The zero-order valence-electron chi connectivity index (χ0n) is 11.0. The summed E-state index contributed by atoms with van der Waals surface area (Å²) in [5.41, 5.74) is 2.77. The summed E-state index contributed by atoms with van der Waals surface area (Å²) < 4.78 is 0. The predicted octanol–water partition coefficient (Wildman–Crippen LogP) is 3.79. The van der Waals surface area contributed by atoms with Crippen LogP contribution in [0.2, 0.25) is 0 Å². The Morgan fingerprint density at radius 2 is 2.11 bits per heavy atom. The van der Waals surface area contributed by atoms with E-state index >= 15 is 0 Å². The van der Waals surface area contributed by atoms with Crippen molar-refractivity contribution in [2.24, 2.45) is 0 Å². The van der Waals surface area contributed by atoms with Crippen LogP contribution >= 0.6 is 11.3 Å². The summed E-state index contributed by atoms with van der Waals surface area (Å²) in [5.74, 6) is 0. The van der Waals surface area contributed by atoms with Gasteiger partial charge in [-0.2, -0.15) is 0 Å². The number of hydrogen-bond donors (Lipinski definition) is 1. The van der Waals surface area contributed by atoms with Gasteiger partial charge in [0, 0.05) is 11.6 Å². The van der Waals surface area contributed by atoms with Crippen LogP contribution in [0.1, 0.15) is 42.4 Å². The number of nitrogens with one attached hydrogen (secondary N) is 1. The third-order valence-corrected chi connectivity index (χ3v) is 3.88. The molecule has 0 aliphatic heterocycles. The maximum atomic E-state index is 4.48. The highest BCUT2D eigenvalue weighted by atomic mass is 32.1. The molecule has 2 rings (SSSR count). The summed E-state index contributed by atoms with van der Waals surface area (Å²) in [6.45, 7) is 5.41. The largest absolute Gasteiger partial charge is 0.304 e. The molecule has 18 heavy (non-hydrogen) atoms. The number of nitrogens with zero attached hydrogens (tertiary/aromatic N) is 1. The van der Waals surface area contributed by atoms with Crippen LogP contribution in [0.3, 0.4) is 0 Å². The van der Waals surface area contributed by atoms with Gasteiger partial charge in [0.1, 0.15) is 5.01 Å². The molecule has 0 saturated carbocycles. The molecule has 2 aromatic rings. The van der Waals surface area contributed by atoms with Gasteiger partial charge >= 0.3 is 0 Å². The van der Waals surface area contributed by atoms with E-state index in [1.54, 1.807) is 11.3 Å². The Hall–Kier alpha value is -1.19. The molecule has 0 radical (unpaired) electrons. The van der Waals surface area contributed by atoms with Crippen molar-refractivity contribution < 1.29 is 0 Å². The Bertz CT molecular complexity index is 465. The van der Waals surface area contributed by atoms with Gasteiger partial charge in [0.25, 0.3) is 0 Å². The average molecular weight is 260 g/mol. The van der Waals surface area contributed by atoms with E-state index in [-0.39, 0.29) is 6.04 Å². The molecule has 0 aliphatic carbocycles. The maximum absolute atomic E-state index is 4.48. The van der Waals surface area contributed by atoms with Crippen LogP contribution in [0.4, 0.5) is 0 Å². The summed E-state index contributed by atoms with van der Waals surface area (Å²) in [4.78, 5) is 4.48. The first-order chi connectivity index (χ1) is 8.86.